The standard InChI is InChI=1S/C14H30O4S2/c1-3-13(19(15)16)11-9-7-5-6-8-10-12-14(4-2)20(17)18/h13-14H,3-12H2,1-2H3,(H,15,16)(H,17,18). The average Bonchev–Trinajstić information content (AvgIpc) is 2.40. The first-order valence-corrected chi connectivity index (χ1v) is 10.1. The van der Waals surface area contributed by atoms with Crippen molar-refractivity contribution in [2.24, 2.45) is 0 Å². The van der Waals surface area contributed by atoms with Crippen LogP contribution in [0, 0.1) is 0 Å². The van der Waals surface area contributed by atoms with Gasteiger partial charge in [-0.25, -0.2) is 8.42 Å². The fourth-order valence-corrected chi connectivity index (χ4v) is 3.65. The first kappa shape index (κ1) is 20.2. The molecular weight excluding hydrogens is 296 g/mol. The van der Waals surface area contributed by atoms with Crippen LogP contribution in [0.2, 0.25) is 0 Å². The molecule has 0 heterocycles. The van der Waals surface area contributed by atoms with Gasteiger partial charge in [-0.1, -0.05) is 52.4 Å². The van der Waals surface area contributed by atoms with Crippen LogP contribution in [0.4, 0.5) is 0 Å². The van der Waals surface area contributed by atoms with Crippen molar-refractivity contribution in [3.8, 4) is 0 Å². The third kappa shape index (κ3) is 10.0. The Labute approximate surface area is 128 Å². The maximum Gasteiger partial charge on any atom is 0.155 e. The minimum Gasteiger partial charge on any atom is -0.306 e. The first-order chi connectivity index (χ1) is 9.52. The summed E-state index contributed by atoms with van der Waals surface area (Å²) in [4.78, 5) is 0. The zero-order chi connectivity index (χ0) is 15.4. The molecule has 0 aliphatic carbocycles. The molecule has 20 heavy (non-hydrogen) atoms. The molecule has 0 rings (SSSR count). The van der Waals surface area contributed by atoms with Crippen LogP contribution in [-0.2, 0) is 22.2 Å². The third-order valence-corrected chi connectivity index (χ3v) is 6.06. The normalized spacial score (nSPS) is 17.6. The van der Waals surface area contributed by atoms with Gasteiger partial charge >= 0.3 is 0 Å². The molecule has 0 spiro atoms. The molecule has 0 bridgehead atoms. The smallest absolute Gasteiger partial charge is 0.155 e. The molecule has 0 aromatic carbocycles. The molecule has 2 N–H and O–H groups in total. The van der Waals surface area contributed by atoms with E-state index in [1.807, 2.05) is 13.8 Å². The molecular formula is C14H30O4S2. The Hall–Kier alpha value is 0.220. The lowest BCUT2D eigenvalue weighted by Gasteiger charge is -2.10. The SMILES string of the molecule is CCC(CCCCCCCCC(CC)S(=O)O)S(=O)O. The van der Waals surface area contributed by atoms with Crippen LogP contribution in [-0.4, -0.2) is 28.0 Å². The number of hydrogen-bond donors (Lipinski definition) is 2. The lowest BCUT2D eigenvalue weighted by Crippen LogP contribution is -2.13. The van der Waals surface area contributed by atoms with Gasteiger partial charge in [-0.15, -0.1) is 0 Å². The zero-order valence-electron chi connectivity index (χ0n) is 12.8. The Kier molecular flexibility index (Phi) is 13.1. The van der Waals surface area contributed by atoms with E-state index in [-0.39, 0.29) is 10.5 Å². The van der Waals surface area contributed by atoms with E-state index in [1.165, 1.54) is 0 Å². The molecule has 0 radical (unpaired) electrons. The van der Waals surface area contributed by atoms with Crippen molar-refractivity contribution in [3.05, 3.63) is 0 Å². The molecule has 0 aliphatic heterocycles. The molecule has 0 aromatic rings. The van der Waals surface area contributed by atoms with Gasteiger partial charge in [0.1, 0.15) is 0 Å². The number of unbranched alkanes of at least 4 members (excludes halogenated alkanes) is 5. The summed E-state index contributed by atoms with van der Waals surface area (Å²) in [5.74, 6) is 0. The fourth-order valence-electron chi connectivity index (χ4n) is 2.35. The number of rotatable bonds is 13. The van der Waals surface area contributed by atoms with Crippen LogP contribution in [0.1, 0.15) is 78.1 Å². The highest BCUT2D eigenvalue weighted by atomic mass is 32.2. The third-order valence-electron chi connectivity index (χ3n) is 3.78. The van der Waals surface area contributed by atoms with Crippen molar-refractivity contribution in [1.29, 1.82) is 0 Å². The van der Waals surface area contributed by atoms with Gasteiger partial charge in [0.25, 0.3) is 0 Å². The molecule has 0 aromatic heterocycles. The summed E-state index contributed by atoms with van der Waals surface area (Å²) in [5.41, 5.74) is 0. The summed E-state index contributed by atoms with van der Waals surface area (Å²) in [6.07, 6.45) is 9.74. The van der Waals surface area contributed by atoms with Crippen molar-refractivity contribution < 1.29 is 17.5 Å². The van der Waals surface area contributed by atoms with Crippen LogP contribution in [0.5, 0.6) is 0 Å². The Morgan fingerprint density at radius 1 is 0.700 bits per heavy atom. The quantitative estimate of drug-likeness (QED) is 0.394. The predicted molar refractivity (Wildman–Crippen MR) is 86.6 cm³/mol. The van der Waals surface area contributed by atoms with E-state index >= 15 is 0 Å². The summed E-state index contributed by atoms with van der Waals surface area (Å²) in [6, 6.07) is 0. The molecule has 4 atom stereocenters. The van der Waals surface area contributed by atoms with E-state index < -0.39 is 22.2 Å². The lowest BCUT2D eigenvalue weighted by atomic mass is 10.1. The predicted octanol–water partition coefficient (Wildman–Crippen LogP) is 4.11. The molecule has 0 amide bonds. The highest BCUT2D eigenvalue weighted by Gasteiger charge is 2.12. The minimum atomic E-state index is -1.68. The van der Waals surface area contributed by atoms with Crippen LogP contribution >= 0.6 is 0 Å². The molecule has 4 unspecified atom stereocenters. The van der Waals surface area contributed by atoms with Crippen molar-refractivity contribution in [2.45, 2.75) is 88.6 Å². The number of hydrogen-bond acceptors (Lipinski definition) is 2. The average molecular weight is 327 g/mol. The minimum absolute atomic E-state index is 0.0696. The Morgan fingerprint density at radius 2 is 1.00 bits per heavy atom. The molecule has 6 heteroatoms. The Balaban J connectivity index is 3.45. The second-order valence-corrected chi connectivity index (χ2v) is 7.75. The maximum absolute atomic E-state index is 10.9. The molecule has 4 nitrogen and oxygen atoms in total. The highest BCUT2D eigenvalue weighted by molar-refractivity contribution is 7.80. The zero-order valence-corrected chi connectivity index (χ0v) is 14.4. The molecule has 0 aliphatic rings. The van der Waals surface area contributed by atoms with Crippen LogP contribution in [0.25, 0.3) is 0 Å². The van der Waals surface area contributed by atoms with Crippen LogP contribution in [0.15, 0.2) is 0 Å². The van der Waals surface area contributed by atoms with Gasteiger partial charge in [-0.2, -0.15) is 0 Å². The summed E-state index contributed by atoms with van der Waals surface area (Å²) in [7, 11) is 0. The van der Waals surface area contributed by atoms with Crippen LogP contribution in [0.3, 0.4) is 0 Å². The van der Waals surface area contributed by atoms with E-state index in [0.29, 0.717) is 0 Å². The summed E-state index contributed by atoms with van der Waals surface area (Å²) in [5, 5.41) is -0.139. The van der Waals surface area contributed by atoms with E-state index in [4.69, 9.17) is 9.11 Å². The summed E-state index contributed by atoms with van der Waals surface area (Å²) in [6.45, 7) is 3.90. The van der Waals surface area contributed by atoms with Crippen molar-refractivity contribution in [1.82, 2.24) is 0 Å². The van der Waals surface area contributed by atoms with Gasteiger partial charge in [0, 0.05) is 0 Å². The molecule has 0 saturated heterocycles. The first-order valence-electron chi connectivity index (χ1n) is 7.72. The fraction of sp³-hybridized carbons (Fsp3) is 1.00. The van der Waals surface area contributed by atoms with Crippen molar-refractivity contribution in [2.75, 3.05) is 0 Å². The van der Waals surface area contributed by atoms with E-state index in [2.05, 4.69) is 0 Å². The lowest BCUT2D eigenvalue weighted by molar-refractivity contribution is 0.507. The molecule has 0 fully saturated rings. The van der Waals surface area contributed by atoms with Gasteiger partial charge in [-0.05, 0) is 25.7 Å². The second kappa shape index (κ2) is 12.9. The van der Waals surface area contributed by atoms with Crippen molar-refractivity contribution in [3.63, 3.8) is 0 Å². The van der Waals surface area contributed by atoms with Crippen LogP contribution < -0.4 is 0 Å². The van der Waals surface area contributed by atoms with E-state index in [0.717, 1.165) is 64.2 Å². The van der Waals surface area contributed by atoms with Crippen molar-refractivity contribution >= 4 is 22.2 Å². The largest absolute Gasteiger partial charge is 0.306 e. The van der Waals surface area contributed by atoms with Gasteiger partial charge in [0.05, 0.1) is 10.5 Å². The second-order valence-electron chi connectivity index (χ2n) is 5.31. The van der Waals surface area contributed by atoms with E-state index in [9.17, 15) is 8.42 Å². The summed E-state index contributed by atoms with van der Waals surface area (Å²) < 4.78 is 40.0. The molecule has 0 saturated carbocycles. The summed E-state index contributed by atoms with van der Waals surface area (Å²) >= 11 is -3.35. The monoisotopic (exact) mass is 326 g/mol. The van der Waals surface area contributed by atoms with Gasteiger partial charge < -0.3 is 9.11 Å². The molecule has 122 valence electrons. The van der Waals surface area contributed by atoms with Gasteiger partial charge in [0.15, 0.2) is 22.2 Å². The topological polar surface area (TPSA) is 74.6 Å². The van der Waals surface area contributed by atoms with Gasteiger partial charge in [0.2, 0.25) is 0 Å². The Bertz CT molecular complexity index is 256. The van der Waals surface area contributed by atoms with Gasteiger partial charge in [-0.3, -0.25) is 0 Å². The maximum atomic E-state index is 10.9. The Morgan fingerprint density at radius 3 is 1.25 bits per heavy atom. The highest BCUT2D eigenvalue weighted by Crippen LogP contribution is 2.15. The van der Waals surface area contributed by atoms with E-state index in [1.54, 1.807) is 0 Å².